The molecule has 0 spiro atoms. The van der Waals surface area contributed by atoms with Crippen LogP contribution < -0.4 is 11.2 Å². The van der Waals surface area contributed by atoms with Crippen LogP contribution in [0.3, 0.4) is 0 Å². The molecule has 0 aliphatic carbocycles. The number of nitrogens with zero attached hydrogens (tertiary/aromatic N) is 1. The van der Waals surface area contributed by atoms with Crippen molar-refractivity contribution in [2.75, 3.05) is 0 Å². The van der Waals surface area contributed by atoms with Crippen molar-refractivity contribution in [3.05, 3.63) is 33.1 Å². The Hall–Kier alpha value is -1.40. The van der Waals surface area contributed by atoms with Crippen molar-refractivity contribution in [1.82, 2.24) is 9.55 Å². The maximum Gasteiger partial charge on any atom is 0.332 e. The van der Waals surface area contributed by atoms with Gasteiger partial charge in [0.2, 0.25) is 0 Å². The van der Waals surface area contributed by atoms with Crippen LogP contribution in [0.1, 0.15) is 26.2 Å². The molecular formula is C9H14N2O4. The second-order valence-electron chi connectivity index (χ2n) is 3.36. The van der Waals surface area contributed by atoms with Gasteiger partial charge in [-0.25, -0.2) is 9.36 Å². The predicted molar refractivity (Wildman–Crippen MR) is 53.3 cm³/mol. The molecule has 1 aromatic heterocycles. The summed E-state index contributed by atoms with van der Waals surface area (Å²) in [4.78, 5) is 23.9. The molecule has 0 unspecified atom stereocenters. The summed E-state index contributed by atoms with van der Waals surface area (Å²) in [6.45, 7) is 1.89. The first-order chi connectivity index (χ1) is 6.97. The van der Waals surface area contributed by atoms with E-state index in [1.165, 1.54) is 0 Å². The monoisotopic (exact) mass is 214 g/mol. The average Bonchev–Trinajstić information content (AvgIpc) is 2.14. The second kappa shape index (κ2) is 4.41. The Morgan fingerprint density at radius 3 is 2.67 bits per heavy atom. The molecule has 84 valence electrons. The van der Waals surface area contributed by atoms with Gasteiger partial charge in [0.1, 0.15) is 0 Å². The lowest BCUT2D eigenvalue weighted by atomic mass is 10.2. The van der Waals surface area contributed by atoms with Gasteiger partial charge in [0.05, 0.1) is 0 Å². The normalized spacial score (nSPS) is 11.7. The number of nitrogens with one attached hydrogen (secondary N) is 1. The van der Waals surface area contributed by atoms with Crippen LogP contribution in [0.2, 0.25) is 0 Å². The van der Waals surface area contributed by atoms with Gasteiger partial charge in [-0.1, -0.05) is 13.3 Å². The number of aromatic amines is 1. The molecule has 0 saturated carbocycles. The number of hydrogen-bond acceptors (Lipinski definition) is 4. The third-order valence-electron chi connectivity index (χ3n) is 2.08. The molecular weight excluding hydrogens is 200 g/mol. The molecule has 1 rings (SSSR count). The molecule has 0 aromatic carbocycles. The Labute approximate surface area is 85.8 Å². The SMILES string of the molecule is CCCCC(O)(O)n1ccc(=O)[nH]c1=O. The number of hydrogen-bond donors (Lipinski definition) is 3. The summed E-state index contributed by atoms with van der Waals surface area (Å²) in [6.07, 6.45) is 2.45. The topological polar surface area (TPSA) is 95.3 Å². The van der Waals surface area contributed by atoms with Gasteiger partial charge in [-0.05, 0) is 6.42 Å². The molecule has 0 radical (unpaired) electrons. The zero-order valence-electron chi connectivity index (χ0n) is 8.43. The van der Waals surface area contributed by atoms with Gasteiger partial charge in [-0.2, -0.15) is 0 Å². The van der Waals surface area contributed by atoms with Crippen molar-refractivity contribution in [1.29, 1.82) is 0 Å². The van der Waals surface area contributed by atoms with E-state index in [-0.39, 0.29) is 6.42 Å². The minimum Gasteiger partial charge on any atom is -0.348 e. The fraction of sp³-hybridized carbons (Fsp3) is 0.556. The Morgan fingerprint density at radius 2 is 2.13 bits per heavy atom. The zero-order chi connectivity index (χ0) is 11.5. The van der Waals surface area contributed by atoms with Crippen LogP contribution in [0.5, 0.6) is 0 Å². The third kappa shape index (κ3) is 2.77. The molecule has 3 N–H and O–H groups in total. The van der Waals surface area contributed by atoms with Gasteiger partial charge in [0.15, 0.2) is 0 Å². The highest BCUT2D eigenvalue weighted by molar-refractivity contribution is 4.85. The molecule has 1 aromatic rings. The van der Waals surface area contributed by atoms with Crippen molar-refractivity contribution in [2.24, 2.45) is 0 Å². The Kier molecular flexibility index (Phi) is 3.43. The van der Waals surface area contributed by atoms with Gasteiger partial charge in [0, 0.05) is 18.7 Å². The van der Waals surface area contributed by atoms with Crippen LogP contribution in [0.25, 0.3) is 0 Å². The summed E-state index contributed by atoms with van der Waals surface area (Å²) in [5.74, 6) is -2.24. The van der Waals surface area contributed by atoms with E-state index >= 15 is 0 Å². The third-order valence-corrected chi connectivity index (χ3v) is 2.08. The van der Waals surface area contributed by atoms with E-state index in [0.717, 1.165) is 18.7 Å². The molecule has 0 saturated heterocycles. The molecule has 0 aliphatic heterocycles. The smallest absolute Gasteiger partial charge is 0.332 e. The molecule has 0 amide bonds. The van der Waals surface area contributed by atoms with Crippen LogP contribution in [0, 0.1) is 0 Å². The summed E-state index contributed by atoms with van der Waals surface area (Å²) in [5.41, 5.74) is -1.40. The first-order valence-electron chi connectivity index (χ1n) is 4.74. The van der Waals surface area contributed by atoms with Crippen LogP contribution in [0.4, 0.5) is 0 Å². The highest BCUT2D eigenvalue weighted by Crippen LogP contribution is 2.13. The molecule has 0 fully saturated rings. The lowest BCUT2D eigenvalue weighted by Gasteiger charge is -2.23. The summed E-state index contributed by atoms with van der Waals surface area (Å²) in [6, 6.07) is 1.06. The lowest BCUT2D eigenvalue weighted by molar-refractivity contribution is -0.236. The predicted octanol–water partition coefficient (Wildman–Crippen LogP) is -0.678. The minimum atomic E-state index is -2.24. The van der Waals surface area contributed by atoms with E-state index in [1.807, 2.05) is 11.9 Å². The quantitative estimate of drug-likeness (QED) is 0.579. The molecule has 1 heterocycles. The van der Waals surface area contributed by atoms with Crippen LogP contribution in [-0.2, 0) is 5.91 Å². The van der Waals surface area contributed by atoms with Crippen molar-refractivity contribution < 1.29 is 10.2 Å². The standard InChI is InChI=1S/C9H14N2O4/c1-2-3-5-9(14,15)11-6-4-7(12)10-8(11)13/h4,6,14-15H,2-3,5H2,1H3,(H,10,12,13). The van der Waals surface area contributed by atoms with E-state index in [9.17, 15) is 19.8 Å². The summed E-state index contributed by atoms with van der Waals surface area (Å²) >= 11 is 0. The number of unbranched alkanes of at least 4 members (excludes halogenated alkanes) is 1. The number of rotatable bonds is 4. The molecule has 15 heavy (non-hydrogen) atoms. The molecule has 6 nitrogen and oxygen atoms in total. The number of H-pyrrole nitrogens is 1. The van der Waals surface area contributed by atoms with Gasteiger partial charge in [-0.15, -0.1) is 0 Å². The highest BCUT2D eigenvalue weighted by Gasteiger charge is 2.25. The van der Waals surface area contributed by atoms with Crippen molar-refractivity contribution >= 4 is 0 Å². The Morgan fingerprint density at radius 1 is 1.47 bits per heavy atom. The Balaban J connectivity index is 3.04. The van der Waals surface area contributed by atoms with E-state index in [4.69, 9.17) is 0 Å². The van der Waals surface area contributed by atoms with E-state index in [2.05, 4.69) is 0 Å². The fourth-order valence-electron chi connectivity index (χ4n) is 1.23. The maximum atomic E-state index is 11.2. The first kappa shape index (κ1) is 11.7. The van der Waals surface area contributed by atoms with Crippen LogP contribution >= 0.6 is 0 Å². The molecule has 0 bridgehead atoms. The van der Waals surface area contributed by atoms with Crippen molar-refractivity contribution in [3.8, 4) is 0 Å². The lowest BCUT2D eigenvalue weighted by Crippen LogP contribution is -2.43. The largest absolute Gasteiger partial charge is 0.348 e. The van der Waals surface area contributed by atoms with Crippen molar-refractivity contribution in [3.63, 3.8) is 0 Å². The van der Waals surface area contributed by atoms with Crippen LogP contribution in [0.15, 0.2) is 21.9 Å². The van der Waals surface area contributed by atoms with Crippen molar-refractivity contribution in [2.45, 2.75) is 32.1 Å². The first-order valence-corrected chi connectivity index (χ1v) is 4.74. The highest BCUT2D eigenvalue weighted by atomic mass is 16.5. The maximum absolute atomic E-state index is 11.2. The minimum absolute atomic E-state index is 0.0372. The van der Waals surface area contributed by atoms with E-state index in [0.29, 0.717) is 11.0 Å². The molecule has 0 atom stereocenters. The second-order valence-corrected chi connectivity index (χ2v) is 3.36. The van der Waals surface area contributed by atoms with Gasteiger partial charge >= 0.3 is 5.69 Å². The number of aromatic nitrogens is 2. The molecule has 0 aliphatic rings. The average molecular weight is 214 g/mol. The number of aliphatic hydroxyl groups is 2. The summed E-state index contributed by atoms with van der Waals surface area (Å²) in [5, 5.41) is 19.2. The fourth-order valence-corrected chi connectivity index (χ4v) is 1.23. The summed E-state index contributed by atoms with van der Waals surface area (Å²) in [7, 11) is 0. The van der Waals surface area contributed by atoms with Crippen LogP contribution in [-0.4, -0.2) is 19.8 Å². The van der Waals surface area contributed by atoms with Gasteiger partial charge < -0.3 is 10.2 Å². The van der Waals surface area contributed by atoms with E-state index in [1.54, 1.807) is 0 Å². The van der Waals surface area contributed by atoms with E-state index < -0.39 is 17.2 Å². The zero-order valence-corrected chi connectivity index (χ0v) is 8.43. The summed E-state index contributed by atoms with van der Waals surface area (Å²) < 4.78 is 0.698. The van der Waals surface area contributed by atoms with Gasteiger partial charge in [-0.3, -0.25) is 9.78 Å². The Bertz CT molecular complexity index is 432. The van der Waals surface area contributed by atoms with Gasteiger partial charge in [0.25, 0.3) is 11.5 Å². The molecule has 6 heteroatoms.